The van der Waals surface area contributed by atoms with Gasteiger partial charge in [0.1, 0.15) is 5.69 Å². The highest BCUT2D eigenvalue weighted by Gasteiger charge is 2.26. The van der Waals surface area contributed by atoms with Gasteiger partial charge in [0.25, 0.3) is 5.91 Å². The van der Waals surface area contributed by atoms with Crippen LogP contribution in [0, 0.1) is 5.92 Å². The third kappa shape index (κ3) is 4.19. The van der Waals surface area contributed by atoms with Gasteiger partial charge < -0.3 is 10.2 Å². The molecule has 0 radical (unpaired) electrons. The van der Waals surface area contributed by atoms with Crippen molar-refractivity contribution >= 4 is 11.6 Å². The first-order valence-electron chi connectivity index (χ1n) is 8.09. The summed E-state index contributed by atoms with van der Waals surface area (Å²) in [6, 6.07) is 4.13. The van der Waals surface area contributed by atoms with E-state index in [2.05, 4.69) is 24.1 Å². The predicted octanol–water partition coefficient (Wildman–Crippen LogP) is 3.55. The molecule has 2 unspecified atom stereocenters. The van der Waals surface area contributed by atoms with Crippen molar-refractivity contribution in [3.05, 3.63) is 24.0 Å². The second-order valence-electron chi connectivity index (χ2n) is 6.20. The summed E-state index contributed by atoms with van der Waals surface area (Å²) >= 11 is 0. The molecule has 1 amide bonds. The fourth-order valence-corrected chi connectivity index (χ4v) is 3.03. The Morgan fingerprint density at radius 1 is 1.48 bits per heavy atom. The minimum absolute atomic E-state index is 0.0363. The molecule has 116 valence electrons. The summed E-state index contributed by atoms with van der Waals surface area (Å²) in [7, 11) is 1.92. The molecule has 4 nitrogen and oxygen atoms in total. The Bertz CT molecular complexity index is 475. The van der Waals surface area contributed by atoms with Crippen molar-refractivity contribution in [2.45, 2.75) is 52.0 Å². The molecule has 1 aromatic heterocycles. The van der Waals surface area contributed by atoms with Gasteiger partial charge in [-0.2, -0.15) is 0 Å². The molecule has 0 aromatic carbocycles. The Labute approximate surface area is 127 Å². The number of hydrogen-bond acceptors (Lipinski definition) is 3. The van der Waals surface area contributed by atoms with Crippen molar-refractivity contribution in [2.24, 2.45) is 5.92 Å². The van der Waals surface area contributed by atoms with Gasteiger partial charge in [-0.15, -0.1) is 0 Å². The SMILES string of the molecule is CCCNc1ccnc(C(=O)N(C)C2CCCC(C)C2)c1. The molecule has 0 saturated heterocycles. The Kier molecular flexibility index (Phi) is 5.59. The van der Waals surface area contributed by atoms with Crippen LogP contribution in [-0.4, -0.2) is 35.4 Å². The molecule has 0 bridgehead atoms. The first kappa shape index (κ1) is 15.8. The van der Waals surface area contributed by atoms with Crippen molar-refractivity contribution in [1.82, 2.24) is 9.88 Å². The second kappa shape index (κ2) is 7.43. The van der Waals surface area contributed by atoms with E-state index in [4.69, 9.17) is 0 Å². The molecule has 0 spiro atoms. The maximum absolute atomic E-state index is 12.6. The Hall–Kier alpha value is -1.58. The Morgan fingerprint density at radius 3 is 3.00 bits per heavy atom. The van der Waals surface area contributed by atoms with E-state index >= 15 is 0 Å². The molecule has 1 aliphatic carbocycles. The lowest BCUT2D eigenvalue weighted by atomic mass is 9.86. The molecule has 1 aliphatic rings. The zero-order valence-electron chi connectivity index (χ0n) is 13.4. The average Bonchev–Trinajstić information content (AvgIpc) is 2.51. The van der Waals surface area contributed by atoms with Crippen molar-refractivity contribution in [1.29, 1.82) is 0 Å². The van der Waals surface area contributed by atoms with Crippen LogP contribution < -0.4 is 5.32 Å². The molecule has 1 heterocycles. The van der Waals surface area contributed by atoms with E-state index < -0.39 is 0 Å². The lowest BCUT2D eigenvalue weighted by Gasteiger charge is -2.34. The van der Waals surface area contributed by atoms with E-state index in [1.807, 2.05) is 24.1 Å². The van der Waals surface area contributed by atoms with Gasteiger partial charge in [-0.3, -0.25) is 9.78 Å². The molecule has 1 fully saturated rings. The highest BCUT2D eigenvalue weighted by Crippen LogP contribution is 2.27. The number of rotatable bonds is 5. The Balaban J connectivity index is 2.04. The molecule has 1 aromatic rings. The maximum Gasteiger partial charge on any atom is 0.272 e. The van der Waals surface area contributed by atoms with Crippen LogP contribution in [0.25, 0.3) is 0 Å². The molecule has 4 heteroatoms. The smallest absolute Gasteiger partial charge is 0.272 e. The van der Waals surface area contributed by atoms with Gasteiger partial charge in [-0.05, 0) is 37.3 Å². The number of nitrogens with zero attached hydrogens (tertiary/aromatic N) is 2. The van der Waals surface area contributed by atoms with Gasteiger partial charge in [0.15, 0.2) is 0 Å². The number of aromatic nitrogens is 1. The molecular weight excluding hydrogens is 262 g/mol. The van der Waals surface area contributed by atoms with Gasteiger partial charge >= 0.3 is 0 Å². The van der Waals surface area contributed by atoms with E-state index in [1.165, 1.54) is 12.8 Å². The third-order valence-corrected chi connectivity index (χ3v) is 4.33. The fourth-order valence-electron chi connectivity index (χ4n) is 3.03. The first-order valence-corrected chi connectivity index (χ1v) is 8.09. The molecule has 1 N–H and O–H groups in total. The van der Waals surface area contributed by atoms with Crippen LogP contribution in [-0.2, 0) is 0 Å². The van der Waals surface area contributed by atoms with E-state index in [-0.39, 0.29) is 5.91 Å². The quantitative estimate of drug-likeness (QED) is 0.901. The van der Waals surface area contributed by atoms with Crippen LogP contribution in [0.15, 0.2) is 18.3 Å². The van der Waals surface area contributed by atoms with Crippen LogP contribution in [0.4, 0.5) is 5.69 Å². The van der Waals surface area contributed by atoms with Gasteiger partial charge in [0.05, 0.1) is 0 Å². The van der Waals surface area contributed by atoms with Crippen LogP contribution in [0.2, 0.25) is 0 Å². The lowest BCUT2D eigenvalue weighted by molar-refractivity contribution is 0.0666. The average molecular weight is 289 g/mol. The number of carbonyl (C=O) groups is 1. The van der Waals surface area contributed by atoms with E-state index in [1.54, 1.807) is 6.20 Å². The highest BCUT2D eigenvalue weighted by molar-refractivity contribution is 5.93. The summed E-state index contributed by atoms with van der Waals surface area (Å²) in [6.07, 6.45) is 7.49. The summed E-state index contributed by atoms with van der Waals surface area (Å²) in [5.74, 6) is 0.749. The predicted molar refractivity (Wildman–Crippen MR) is 86.5 cm³/mol. The van der Waals surface area contributed by atoms with Crippen LogP contribution in [0.1, 0.15) is 56.4 Å². The molecule has 1 saturated carbocycles. The highest BCUT2D eigenvalue weighted by atomic mass is 16.2. The minimum Gasteiger partial charge on any atom is -0.385 e. The summed E-state index contributed by atoms with van der Waals surface area (Å²) in [5.41, 5.74) is 1.51. The lowest BCUT2D eigenvalue weighted by Crippen LogP contribution is -2.40. The van der Waals surface area contributed by atoms with E-state index in [9.17, 15) is 4.79 Å². The number of hydrogen-bond donors (Lipinski definition) is 1. The van der Waals surface area contributed by atoms with Gasteiger partial charge in [-0.1, -0.05) is 26.7 Å². The number of nitrogens with one attached hydrogen (secondary N) is 1. The number of carbonyl (C=O) groups excluding carboxylic acids is 1. The second-order valence-corrected chi connectivity index (χ2v) is 6.20. The largest absolute Gasteiger partial charge is 0.385 e. The summed E-state index contributed by atoms with van der Waals surface area (Å²) in [4.78, 5) is 18.8. The van der Waals surface area contributed by atoms with Gasteiger partial charge in [0, 0.05) is 31.5 Å². The summed E-state index contributed by atoms with van der Waals surface area (Å²) in [5, 5.41) is 3.30. The van der Waals surface area contributed by atoms with Gasteiger partial charge in [-0.25, -0.2) is 0 Å². The molecule has 2 atom stereocenters. The third-order valence-electron chi connectivity index (χ3n) is 4.33. The van der Waals surface area contributed by atoms with E-state index in [0.717, 1.165) is 31.5 Å². The molecule has 2 rings (SSSR count). The number of pyridine rings is 1. The fraction of sp³-hybridized carbons (Fsp3) is 0.647. The van der Waals surface area contributed by atoms with Crippen molar-refractivity contribution in [3.8, 4) is 0 Å². The minimum atomic E-state index is 0.0363. The van der Waals surface area contributed by atoms with Crippen molar-refractivity contribution in [2.75, 3.05) is 18.9 Å². The zero-order chi connectivity index (χ0) is 15.2. The van der Waals surface area contributed by atoms with E-state index in [0.29, 0.717) is 17.7 Å². The Morgan fingerprint density at radius 2 is 2.29 bits per heavy atom. The van der Waals surface area contributed by atoms with Crippen LogP contribution in [0.5, 0.6) is 0 Å². The summed E-state index contributed by atoms with van der Waals surface area (Å²) < 4.78 is 0. The molecular formula is C17H27N3O. The van der Waals surface area contributed by atoms with Gasteiger partial charge in [0.2, 0.25) is 0 Å². The maximum atomic E-state index is 12.6. The molecule has 0 aliphatic heterocycles. The van der Waals surface area contributed by atoms with Crippen molar-refractivity contribution in [3.63, 3.8) is 0 Å². The topological polar surface area (TPSA) is 45.2 Å². The normalized spacial score (nSPS) is 21.9. The standard InChI is InChI=1S/C17H27N3O/c1-4-9-18-14-8-10-19-16(12-14)17(21)20(3)15-7-5-6-13(2)11-15/h8,10,12-13,15H,4-7,9,11H2,1-3H3,(H,18,19). The first-order chi connectivity index (χ1) is 10.1. The van der Waals surface area contributed by atoms with Crippen molar-refractivity contribution < 1.29 is 4.79 Å². The van der Waals surface area contributed by atoms with Crippen LogP contribution >= 0.6 is 0 Å². The number of amides is 1. The molecule has 21 heavy (non-hydrogen) atoms. The number of anilines is 1. The monoisotopic (exact) mass is 289 g/mol. The zero-order valence-corrected chi connectivity index (χ0v) is 13.4. The summed E-state index contributed by atoms with van der Waals surface area (Å²) in [6.45, 7) is 5.31. The van der Waals surface area contributed by atoms with Crippen LogP contribution in [0.3, 0.4) is 0 Å².